The second-order valence-electron chi connectivity index (χ2n) is 4.67. The zero-order valence-electron chi connectivity index (χ0n) is 9.88. The summed E-state index contributed by atoms with van der Waals surface area (Å²) >= 11 is 5.69. The summed E-state index contributed by atoms with van der Waals surface area (Å²) in [4.78, 5) is 0. The summed E-state index contributed by atoms with van der Waals surface area (Å²) in [5, 5.41) is 7.95. The van der Waals surface area contributed by atoms with Crippen LogP contribution in [0.15, 0.2) is 12.1 Å². The molecule has 5 nitrogen and oxygen atoms in total. The van der Waals surface area contributed by atoms with E-state index in [0.29, 0.717) is 23.9 Å². The second-order valence-corrected chi connectivity index (χ2v) is 7.38. The van der Waals surface area contributed by atoms with Crippen LogP contribution in [0, 0.1) is 5.82 Å². The van der Waals surface area contributed by atoms with Crippen LogP contribution in [-0.4, -0.2) is 34.9 Å². The van der Waals surface area contributed by atoms with Gasteiger partial charge in [-0.25, -0.2) is 17.5 Å². The quantitative estimate of drug-likeness (QED) is 0.808. The van der Waals surface area contributed by atoms with Crippen LogP contribution in [0.5, 0.6) is 0 Å². The molecule has 8 heteroatoms. The molecular weight excluding hydrogens is 293 g/mol. The third-order valence-corrected chi connectivity index (χ3v) is 5.39. The standard InChI is InChI=1S/C11H11ClFN3O2S/c12-8-5-10-11(6-9(8)13)16(15-14-10)7-1-3-19(17,18)4-2-7/h5-7H,1-4H2. The van der Waals surface area contributed by atoms with Crippen molar-refractivity contribution < 1.29 is 12.8 Å². The molecule has 1 aromatic carbocycles. The molecule has 1 fully saturated rings. The Labute approximate surface area is 114 Å². The highest BCUT2D eigenvalue weighted by Gasteiger charge is 2.26. The van der Waals surface area contributed by atoms with E-state index < -0.39 is 15.7 Å². The third kappa shape index (κ3) is 2.32. The van der Waals surface area contributed by atoms with Gasteiger partial charge in [-0.2, -0.15) is 0 Å². The highest BCUT2D eigenvalue weighted by atomic mass is 35.5. The molecule has 0 radical (unpaired) electrons. The van der Waals surface area contributed by atoms with Gasteiger partial charge in [-0.15, -0.1) is 5.10 Å². The molecule has 0 atom stereocenters. The fourth-order valence-corrected chi connectivity index (χ4v) is 3.95. The molecule has 0 saturated carbocycles. The molecular formula is C11H11ClFN3O2S. The second kappa shape index (κ2) is 4.42. The predicted octanol–water partition coefficient (Wildman–Crippen LogP) is 1.97. The maximum atomic E-state index is 13.5. The molecule has 1 saturated heterocycles. The molecule has 0 bridgehead atoms. The van der Waals surface area contributed by atoms with E-state index in [1.165, 1.54) is 12.1 Å². The minimum Gasteiger partial charge on any atom is -0.241 e. The maximum absolute atomic E-state index is 13.5. The van der Waals surface area contributed by atoms with Crippen molar-refractivity contribution in [3.05, 3.63) is 23.0 Å². The average molecular weight is 304 g/mol. The van der Waals surface area contributed by atoms with E-state index in [1.807, 2.05) is 0 Å². The Morgan fingerprint density at radius 1 is 1.32 bits per heavy atom. The summed E-state index contributed by atoms with van der Waals surface area (Å²) < 4.78 is 37.9. The van der Waals surface area contributed by atoms with Gasteiger partial charge in [0, 0.05) is 6.07 Å². The van der Waals surface area contributed by atoms with Crippen molar-refractivity contribution in [3.8, 4) is 0 Å². The SMILES string of the molecule is O=S1(=O)CCC(n2nnc3cc(Cl)c(F)cc32)CC1. The Morgan fingerprint density at radius 3 is 2.68 bits per heavy atom. The summed E-state index contributed by atoms with van der Waals surface area (Å²) in [6, 6.07) is 2.66. The van der Waals surface area contributed by atoms with Crippen LogP contribution >= 0.6 is 11.6 Å². The Morgan fingerprint density at radius 2 is 2.00 bits per heavy atom. The molecule has 2 aromatic rings. The smallest absolute Gasteiger partial charge is 0.150 e. The Bertz CT molecular complexity index is 730. The first-order chi connectivity index (χ1) is 8.96. The van der Waals surface area contributed by atoms with Crippen LogP contribution in [0.1, 0.15) is 18.9 Å². The van der Waals surface area contributed by atoms with Gasteiger partial charge in [-0.1, -0.05) is 16.8 Å². The number of benzene rings is 1. The van der Waals surface area contributed by atoms with E-state index in [4.69, 9.17) is 11.6 Å². The molecule has 19 heavy (non-hydrogen) atoms. The maximum Gasteiger partial charge on any atom is 0.150 e. The first-order valence-electron chi connectivity index (χ1n) is 5.87. The number of halogens is 2. The normalized spacial score (nSPS) is 19.9. The number of hydrogen-bond donors (Lipinski definition) is 0. The van der Waals surface area contributed by atoms with Crippen LogP contribution in [0.3, 0.4) is 0 Å². The Hall–Kier alpha value is -1.21. The number of rotatable bonds is 1. The van der Waals surface area contributed by atoms with Gasteiger partial charge in [0.1, 0.15) is 21.2 Å². The summed E-state index contributed by atoms with van der Waals surface area (Å²) in [6.45, 7) is 0. The third-order valence-electron chi connectivity index (χ3n) is 3.38. The summed E-state index contributed by atoms with van der Waals surface area (Å²) in [5.74, 6) is -0.259. The van der Waals surface area contributed by atoms with Crippen molar-refractivity contribution in [2.75, 3.05) is 11.5 Å². The summed E-state index contributed by atoms with van der Waals surface area (Å²) in [6.07, 6.45) is 0.954. The van der Waals surface area contributed by atoms with Crippen molar-refractivity contribution >= 4 is 32.5 Å². The van der Waals surface area contributed by atoms with Gasteiger partial charge in [0.25, 0.3) is 0 Å². The van der Waals surface area contributed by atoms with E-state index in [-0.39, 0.29) is 22.6 Å². The van der Waals surface area contributed by atoms with Gasteiger partial charge in [-0.3, -0.25) is 0 Å². The number of hydrogen-bond acceptors (Lipinski definition) is 4. The number of fused-ring (bicyclic) bond motifs is 1. The van der Waals surface area contributed by atoms with E-state index in [1.54, 1.807) is 4.68 Å². The first kappa shape index (κ1) is 12.8. The lowest BCUT2D eigenvalue weighted by Crippen LogP contribution is -2.26. The molecule has 0 spiro atoms. The van der Waals surface area contributed by atoms with E-state index >= 15 is 0 Å². The molecule has 102 valence electrons. The minimum atomic E-state index is -2.93. The summed E-state index contributed by atoms with van der Waals surface area (Å²) in [5.41, 5.74) is 1.06. The summed E-state index contributed by atoms with van der Waals surface area (Å²) in [7, 11) is -2.93. The van der Waals surface area contributed by atoms with Gasteiger partial charge in [-0.05, 0) is 18.9 Å². The minimum absolute atomic E-state index is 0.00534. The monoisotopic (exact) mass is 303 g/mol. The van der Waals surface area contributed by atoms with Gasteiger partial charge in [0.2, 0.25) is 0 Å². The molecule has 0 amide bonds. The van der Waals surface area contributed by atoms with Gasteiger partial charge in [0.05, 0.1) is 28.1 Å². The lowest BCUT2D eigenvalue weighted by Gasteiger charge is -2.22. The first-order valence-corrected chi connectivity index (χ1v) is 8.06. The van der Waals surface area contributed by atoms with E-state index in [2.05, 4.69) is 10.3 Å². The van der Waals surface area contributed by atoms with Crippen molar-refractivity contribution in [1.82, 2.24) is 15.0 Å². The van der Waals surface area contributed by atoms with Crippen molar-refractivity contribution in [2.45, 2.75) is 18.9 Å². The van der Waals surface area contributed by atoms with Crippen LogP contribution in [0.2, 0.25) is 5.02 Å². The Kier molecular flexibility index (Phi) is 2.98. The molecule has 0 N–H and O–H groups in total. The fraction of sp³-hybridized carbons (Fsp3) is 0.455. The number of aromatic nitrogens is 3. The molecule has 0 unspecified atom stereocenters. The highest BCUT2D eigenvalue weighted by molar-refractivity contribution is 7.91. The molecule has 1 aliphatic heterocycles. The van der Waals surface area contributed by atoms with Crippen LogP contribution in [-0.2, 0) is 9.84 Å². The molecule has 2 heterocycles. The molecule has 1 aliphatic rings. The molecule has 1 aromatic heterocycles. The molecule has 0 aliphatic carbocycles. The van der Waals surface area contributed by atoms with Gasteiger partial charge in [0.15, 0.2) is 0 Å². The van der Waals surface area contributed by atoms with Gasteiger partial charge < -0.3 is 0 Å². The van der Waals surface area contributed by atoms with Crippen molar-refractivity contribution in [2.24, 2.45) is 0 Å². The zero-order valence-corrected chi connectivity index (χ0v) is 11.5. The number of sulfone groups is 1. The molecule has 3 rings (SSSR count). The van der Waals surface area contributed by atoms with Crippen molar-refractivity contribution in [1.29, 1.82) is 0 Å². The Balaban J connectivity index is 2.00. The lowest BCUT2D eigenvalue weighted by molar-refractivity contribution is 0.414. The predicted molar refractivity (Wildman–Crippen MR) is 69.4 cm³/mol. The van der Waals surface area contributed by atoms with Crippen LogP contribution in [0.25, 0.3) is 11.0 Å². The lowest BCUT2D eigenvalue weighted by atomic mass is 10.1. The zero-order chi connectivity index (χ0) is 13.6. The average Bonchev–Trinajstić information content (AvgIpc) is 2.73. The van der Waals surface area contributed by atoms with E-state index in [0.717, 1.165) is 0 Å². The highest BCUT2D eigenvalue weighted by Crippen LogP contribution is 2.28. The van der Waals surface area contributed by atoms with Crippen LogP contribution in [0.4, 0.5) is 4.39 Å². The fourth-order valence-electron chi connectivity index (χ4n) is 2.33. The van der Waals surface area contributed by atoms with Crippen LogP contribution < -0.4 is 0 Å². The van der Waals surface area contributed by atoms with Crippen molar-refractivity contribution in [3.63, 3.8) is 0 Å². The van der Waals surface area contributed by atoms with E-state index in [9.17, 15) is 12.8 Å². The van der Waals surface area contributed by atoms with Gasteiger partial charge >= 0.3 is 0 Å². The largest absolute Gasteiger partial charge is 0.241 e. The number of nitrogens with zero attached hydrogens (tertiary/aromatic N) is 3. The topological polar surface area (TPSA) is 64.8 Å².